The van der Waals surface area contributed by atoms with Crippen molar-refractivity contribution >= 4 is 15.7 Å². The van der Waals surface area contributed by atoms with Gasteiger partial charge in [-0.2, -0.15) is 0 Å². The van der Waals surface area contributed by atoms with Crippen molar-refractivity contribution in [1.82, 2.24) is 10.2 Å². The maximum absolute atomic E-state index is 11.5. The van der Waals surface area contributed by atoms with Gasteiger partial charge in [0.25, 0.3) is 0 Å². The Morgan fingerprint density at radius 3 is 2.43 bits per heavy atom. The molecule has 5 nitrogen and oxygen atoms in total. The van der Waals surface area contributed by atoms with E-state index in [0.717, 1.165) is 19.3 Å². The number of carbonyl (C=O) groups is 1. The summed E-state index contributed by atoms with van der Waals surface area (Å²) in [6.07, 6.45) is 1.23. The number of amides is 1. The molecule has 0 radical (unpaired) electrons. The number of hydrogen-bond donors (Lipinski definition) is 1. The van der Waals surface area contributed by atoms with Gasteiger partial charge in [-0.3, -0.25) is 4.79 Å². The molecule has 1 fully saturated rings. The molecule has 0 atom stereocenters. The summed E-state index contributed by atoms with van der Waals surface area (Å²) >= 11 is 0. The third-order valence-corrected chi connectivity index (χ3v) is 3.33. The van der Waals surface area contributed by atoms with E-state index >= 15 is 0 Å². The average Bonchev–Trinajstić information content (AvgIpc) is 1.95. The molecule has 1 aliphatic rings. The third kappa shape index (κ3) is 3.26. The highest BCUT2D eigenvalue weighted by Gasteiger charge is 2.25. The Bertz CT molecular complexity index is 309. The molecule has 0 aromatic carbocycles. The Morgan fingerprint density at radius 1 is 1.50 bits per heavy atom. The van der Waals surface area contributed by atoms with Crippen molar-refractivity contribution < 1.29 is 13.2 Å². The topological polar surface area (TPSA) is 66.5 Å². The van der Waals surface area contributed by atoms with Crippen LogP contribution in [0, 0.1) is 0 Å². The van der Waals surface area contributed by atoms with Gasteiger partial charge in [0.05, 0.1) is 11.8 Å². The molecule has 0 unspecified atom stereocenters. The zero-order valence-electron chi connectivity index (χ0n) is 8.49. The van der Waals surface area contributed by atoms with Crippen LogP contribution in [0.3, 0.4) is 0 Å². The van der Waals surface area contributed by atoms with Crippen molar-refractivity contribution in [2.24, 2.45) is 0 Å². The summed E-state index contributed by atoms with van der Waals surface area (Å²) < 4.78 is 21.7. The van der Waals surface area contributed by atoms with Gasteiger partial charge in [0, 0.05) is 32.8 Å². The van der Waals surface area contributed by atoms with Crippen LogP contribution >= 0.6 is 0 Å². The molecule has 14 heavy (non-hydrogen) atoms. The Morgan fingerprint density at radius 2 is 2.07 bits per heavy atom. The summed E-state index contributed by atoms with van der Waals surface area (Å²) in [6.45, 7) is 1.61. The minimum atomic E-state index is -3.03. The lowest BCUT2D eigenvalue weighted by atomic mass is 10.1. The molecule has 0 aromatic rings. The SMILES string of the molecule is CN(C(=O)CCS(C)(=O)=O)C1CNC1. The van der Waals surface area contributed by atoms with E-state index in [4.69, 9.17) is 0 Å². The van der Waals surface area contributed by atoms with Gasteiger partial charge in [-0.25, -0.2) is 8.42 Å². The molecule has 1 rings (SSSR count). The zero-order chi connectivity index (χ0) is 10.8. The first-order valence-corrected chi connectivity index (χ1v) is 6.60. The van der Waals surface area contributed by atoms with Gasteiger partial charge in [0.15, 0.2) is 0 Å². The minimum Gasteiger partial charge on any atom is -0.340 e. The summed E-state index contributed by atoms with van der Waals surface area (Å²) in [7, 11) is -1.31. The van der Waals surface area contributed by atoms with Crippen LogP contribution in [-0.4, -0.2) is 57.4 Å². The van der Waals surface area contributed by atoms with Gasteiger partial charge < -0.3 is 10.2 Å². The number of carbonyl (C=O) groups excluding carboxylic acids is 1. The van der Waals surface area contributed by atoms with Crippen molar-refractivity contribution in [3.05, 3.63) is 0 Å². The van der Waals surface area contributed by atoms with Crippen LogP contribution in [0.4, 0.5) is 0 Å². The maximum Gasteiger partial charge on any atom is 0.223 e. The molecule has 1 saturated heterocycles. The molecule has 82 valence electrons. The molecule has 1 amide bonds. The number of nitrogens with one attached hydrogen (secondary N) is 1. The fourth-order valence-corrected chi connectivity index (χ4v) is 1.75. The predicted octanol–water partition coefficient (Wildman–Crippen LogP) is -1.15. The molecule has 0 aliphatic carbocycles. The van der Waals surface area contributed by atoms with Crippen molar-refractivity contribution in [3.8, 4) is 0 Å². The van der Waals surface area contributed by atoms with Gasteiger partial charge in [-0.05, 0) is 0 Å². The van der Waals surface area contributed by atoms with Gasteiger partial charge in [0.1, 0.15) is 9.84 Å². The fourth-order valence-electron chi connectivity index (χ4n) is 1.20. The summed E-state index contributed by atoms with van der Waals surface area (Å²) in [5, 5.41) is 3.06. The molecule has 0 spiro atoms. The third-order valence-electron chi connectivity index (χ3n) is 2.39. The number of hydrogen-bond acceptors (Lipinski definition) is 4. The van der Waals surface area contributed by atoms with Crippen LogP contribution in [0.15, 0.2) is 0 Å². The summed E-state index contributed by atoms with van der Waals surface area (Å²) in [6, 6.07) is 0.238. The second-order valence-electron chi connectivity index (χ2n) is 3.70. The van der Waals surface area contributed by atoms with Gasteiger partial charge >= 0.3 is 0 Å². The van der Waals surface area contributed by atoms with Crippen LogP contribution in [0.2, 0.25) is 0 Å². The molecular weight excluding hydrogens is 204 g/mol. The van der Waals surface area contributed by atoms with Crippen LogP contribution in [0.25, 0.3) is 0 Å². The Kier molecular flexibility index (Phi) is 3.49. The van der Waals surface area contributed by atoms with E-state index in [1.165, 1.54) is 0 Å². The lowest BCUT2D eigenvalue weighted by Crippen LogP contribution is -2.57. The van der Waals surface area contributed by atoms with Crippen LogP contribution in [0.5, 0.6) is 0 Å². The standard InChI is InChI=1S/C8H16N2O3S/c1-10(7-5-9-6-7)8(11)3-4-14(2,12)13/h7,9H,3-6H2,1-2H3. The van der Waals surface area contributed by atoms with Crippen LogP contribution in [0.1, 0.15) is 6.42 Å². The molecule has 1 aliphatic heterocycles. The van der Waals surface area contributed by atoms with Gasteiger partial charge in [-0.15, -0.1) is 0 Å². The maximum atomic E-state index is 11.5. The number of likely N-dealkylation sites (N-methyl/N-ethyl adjacent to an activating group) is 1. The second kappa shape index (κ2) is 4.27. The molecule has 0 saturated carbocycles. The monoisotopic (exact) mass is 220 g/mol. The molecule has 1 heterocycles. The van der Waals surface area contributed by atoms with E-state index < -0.39 is 9.84 Å². The van der Waals surface area contributed by atoms with Crippen molar-refractivity contribution in [1.29, 1.82) is 0 Å². The number of rotatable bonds is 4. The zero-order valence-corrected chi connectivity index (χ0v) is 9.30. The van der Waals surface area contributed by atoms with E-state index in [0.29, 0.717) is 0 Å². The highest BCUT2D eigenvalue weighted by molar-refractivity contribution is 7.90. The second-order valence-corrected chi connectivity index (χ2v) is 5.96. The normalized spacial score (nSPS) is 17.6. The summed E-state index contributed by atoms with van der Waals surface area (Å²) in [5.74, 6) is -0.155. The highest BCUT2D eigenvalue weighted by Crippen LogP contribution is 2.04. The fraction of sp³-hybridized carbons (Fsp3) is 0.875. The van der Waals surface area contributed by atoms with E-state index in [2.05, 4.69) is 5.32 Å². The largest absolute Gasteiger partial charge is 0.340 e. The van der Waals surface area contributed by atoms with Crippen molar-refractivity contribution in [2.75, 3.05) is 32.1 Å². The quantitative estimate of drug-likeness (QED) is 0.650. The van der Waals surface area contributed by atoms with E-state index in [-0.39, 0.29) is 24.1 Å². The van der Waals surface area contributed by atoms with Gasteiger partial charge in [-0.1, -0.05) is 0 Å². The van der Waals surface area contributed by atoms with E-state index in [1.54, 1.807) is 11.9 Å². The van der Waals surface area contributed by atoms with Gasteiger partial charge in [0.2, 0.25) is 5.91 Å². The van der Waals surface area contributed by atoms with Crippen molar-refractivity contribution in [2.45, 2.75) is 12.5 Å². The Balaban J connectivity index is 2.34. The number of sulfone groups is 1. The smallest absolute Gasteiger partial charge is 0.223 e. The molecule has 6 heteroatoms. The van der Waals surface area contributed by atoms with Crippen LogP contribution in [-0.2, 0) is 14.6 Å². The summed E-state index contributed by atoms with van der Waals surface area (Å²) in [4.78, 5) is 13.1. The molecule has 0 bridgehead atoms. The van der Waals surface area contributed by atoms with Crippen molar-refractivity contribution in [3.63, 3.8) is 0 Å². The number of nitrogens with zero attached hydrogens (tertiary/aromatic N) is 1. The molecule has 1 N–H and O–H groups in total. The highest BCUT2D eigenvalue weighted by atomic mass is 32.2. The predicted molar refractivity (Wildman–Crippen MR) is 53.8 cm³/mol. The Labute approximate surface area is 84.4 Å². The first-order chi connectivity index (χ1) is 6.40. The summed E-state index contributed by atoms with van der Waals surface area (Å²) in [5.41, 5.74) is 0. The lowest BCUT2D eigenvalue weighted by molar-refractivity contribution is -0.132. The first-order valence-electron chi connectivity index (χ1n) is 4.54. The van der Waals surface area contributed by atoms with E-state index in [9.17, 15) is 13.2 Å². The Hall–Kier alpha value is -0.620. The van der Waals surface area contributed by atoms with Crippen LogP contribution < -0.4 is 5.32 Å². The first kappa shape index (κ1) is 11.5. The minimum absolute atomic E-state index is 0.0592. The molecular formula is C8H16N2O3S. The van der Waals surface area contributed by atoms with E-state index in [1.807, 2.05) is 0 Å². The molecule has 0 aromatic heterocycles. The average molecular weight is 220 g/mol. The lowest BCUT2D eigenvalue weighted by Gasteiger charge is -2.35.